The number of carbonyl (C=O) groups excluding carboxylic acids is 3. The van der Waals surface area contributed by atoms with Crippen LogP contribution in [0.1, 0.15) is 35.2 Å². The number of fused-ring (bicyclic) bond motifs is 1. The van der Waals surface area contributed by atoms with Crippen molar-refractivity contribution in [2.45, 2.75) is 26.2 Å². The molecule has 8 nitrogen and oxygen atoms in total. The van der Waals surface area contributed by atoms with E-state index < -0.39 is 0 Å². The van der Waals surface area contributed by atoms with Gasteiger partial charge in [0.25, 0.3) is 5.91 Å². The average molecular weight is 529 g/mol. The van der Waals surface area contributed by atoms with E-state index in [1.54, 1.807) is 29.2 Å². The summed E-state index contributed by atoms with van der Waals surface area (Å²) < 4.78 is 6.49. The highest BCUT2D eigenvalue weighted by molar-refractivity contribution is 7.22. The highest BCUT2D eigenvalue weighted by Gasteiger charge is 2.30. The second-order valence-electron chi connectivity index (χ2n) is 8.85. The molecule has 0 N–H and O–H groups in total. The lowest BCUT2D eigenvalue weighted by Gasteiger charge is -2.27. The third kappa shape index (κ3) is 5.44. The second-order valence-corrected chi connectivity index (χ2v) is 9.86. The van der Waals surface area contributed by atoms with Gasteiger partial charge in [0.05, 0.1) is 29.1 Å². The molecule has 2 fully saturated rings. The molecule has 0 aliphatic carbocycles. The summed E-state index contributed by atoms with van der Waals surface area (Å²) in [5, 5.41) is 0.676. The Hall–Kier alpha value is -2.85. The molecule has 2 aliphatic rings. The number of imide groups is 1. The summed E-state index contributed by atoms with van der Waals surface area (Å²) >= 11 is 1.52. The summed E-state index contributed by atoms with van der Waals surface area (Å²) in [4.78, 5) is 47.9. The molecule has 0 unspecified atom stereocenters. The normalized spacial score (nSPS) is 16.4. The fraction of sp³-hybridized carbons (Fsp3) is 0.385. The first kappa shape index (κ1) is 26.2. The Morgan fingerprint density at radius 3 is 2.42 bits per heavy atom. The first-order chi connectivity index (χ1) is 17.0. The SMILES string of the molecule is Cc1cccc2sc(N(CCCN3CCOCC3)C(=O)c3ccc(N4C(=O)CCC4=O)cc3)nc12.Cl. The number of nitrogens with zero attached hydrogens (tertiary/aromatic N) is 4. The van der Waals surface area contributed by atoms with Crippen molar-refractivity contribution in [1.29, 1.82) is 0 Å². The number of ether oxygens (including phenoxy) is 1. The van der Waals surface area contributed by atoms with E-state index in [-0.39, 0.29) is 43.0 Å². The number of hydrogen-bond donors (Lipinski definition) is 0. The molecule has 2 aliphatic heterocycles. The topological polar surface area (TPSA) is 83.0 Å². The molecule has 0 bridgehead atoms. The first-order valence-electron chi connectivity index (χ1n) is 12.0. The number of rotatable bonds is 7. The monoisotopic (exact) mass is 528 g/mol. The summed E-state index contributed by atoms with van der Waals surface area (Å²) in [6.45, 7) is 6.75. The van der Waals surface area contributed by atoms with E-state index in [1.165, 1.54) is 16.2 Å². The quantitative estimate of drug-likeness (QED) is 0.430. The van der Waals surface area contributed by atoms with Gasteiger partial charge in [0.2, 0.25) is 11.8 Å². The number of carbonyl (C=O) groups is 3. The molecule has 190 valence electrons. The third-order valence-corrected chi connectivity index (χ3v) is 7.51. The van der Waals surface area contributed by atoms with Gasteiger partial charge in [-0.3, -0.25) is 29.1 Å². The number of benzene rings is 2. The zero-order chi connectivity index (χ0) is 24.4. The molecule has 1 aromatic heterocycles. The van der Waals surface area contributed by atoms with E-state index in [0.717, 1.165) is 55.0 Å². The number of anilines is 2. The second kappa shape index (κ2) is 11.5. The van der Waals surface area contributed by atoms with Crippen LogP contribution in [-0.2, 0) is 14.3 Å². The lowest BCUT2D eigenvalue weighted by Crippen LogP contribution is -2.39. The van der Waals surface area contributed by atoms with E-state index >= 15 is 0 Å². The third-order valence-electron chi connectivity index (χ3n) is 6.47. The summed E-state index contributed by atoms with van der Waals surface area (Å²) in [6.07, 6.45) is 1.27. The fourth-order valence-corrected chi connectivity index (χ4v) is 5.59. The maximum Gasteiger partial charge on any atom is 0.260 e. The van der Waals surface area contributed by atoms with Gasteiger partial charge in [-0.2, -0.15) is 0 Å². The van der Waals surface area contributed by atoms with Gasteiger partial charge in [-0.25, -0.2) is 4.98 Å². The molecular weight excluding hydrogens is 500 g/mol. The Balaban J connectivity index is 0.00000304. The highest BCUT2D eigenvalue weighted by Crippen LogP contribution is 2.32. The van der Waals surface area contributed by atoms with E-state index in [1.807, 2.05) is 25.1 Å². The van der Waals surface area contributed by atoms with Crippen molar-refractivity contribution in [2.24, 2.45) is 0 Å². The summed E-state index contributed by atoms with van der Waals surface area (Å²) in [5.74, 6) is -0.554. The minimum Gasteiger partial charge on any atom is -0.379 e. The lowest BCUT2D eigenvalue weighted by atomic mass is 10.1. The number of morpholine rings is 1. The Labute approximate surface area is 220 Å². The van der Waals surface area contributed by atoms with Crippen molar-refractivity contribution in [3.63, 3.8) is 0 Å². The molecule has 2 aromatic carbocycles. The molecule has 0 radical (unpaired) electrons. The zero-order valence-corrected chi connectivity index (χ0v) is 21.8. The minimum atomic E-state index is -0.205. The van der Waals surface area contributed by atoms with Crippen molar-refractivity contribution in [3.05, 3.63) is 53.6 Å². The van der Waals surface area contributed by atoms with Gasteiger partial charge in [-0.1, -0.05) is 23.5 Å². The Bertz CT molecular complexity index is 1240. The van der Waals surface area contributed by atoms with Gasteiger partial charge in [0, 0.05) is 44.6 Å². The van der Waals surface area contributed by atoms with Gasteiger partial charge in [-0.15, -0.1) is 12.4 Å². The molecule has 3 heterocycles. The van der Waals surface area contributed by atoms with Crippen LogP contribution in [0, 0.1) is 6.92 Å². The minimum absolute atomic E-state index is 0. The van der Waals surface area contributed by atoms with Crippen LogP contribution in [0.5, 0.6) is 0 Å². The predicted molar refractivity (Wildman–Crippen MR) is 143 cm³/mol. The number of thiazole rings is 1. The van der Waals surface area contributed by atoms with Gasteiger partial charge in [0.1, 0.15) is 0 Å². The molecule has 0 atom stereocenters. The Morgan fingerprint density at radius 1 is 1.06 bits per heavy atom. The highest BCUT2D eigenvalue weighted by atomic mass is 35.5. The number of halogens is 1. The standard InChI is InChI=1S/C26H28N4O4S.ClH/c1-18-4-2-5-21-24(18)27-26(35-21)29(13-3-12-28-14-16-34-17-15-28)25(33)19-6-8-20(9-7-19)30-22(31)10-11-23(30)32;/h2,4-9H,3,10-17H2,1H3;1H. The molecule has 10 heteroatoms. The average Bonchev–Trinajstić information content (AvgIpc) is 3.46. The molecule has 3 amide bonds. The number of aryl methyl sites for hydroxylation is 1. The smallest absolute Gasteiger partial charge is 0.260 e. The van der Waals surface area contributed by atoms with Crippen molar-refractivity contribution in [2.75, 3.05) is 49.2 Å². The summed E-state index contributed by atoms with van der Waals surface area (Å²) in [5.41, 5.74) is 2.99. The van der Waals surface area contributed by atoms with Crippen molar-refractivity contribution < 1.29 is 19.1 Å². The maximum absolute atomic E-state index is 13.7. The van der Waals surface area contributed by atoms with Crippen LogP contribution in [0.25, 0.3) is 10.2 Å². The van der Waals surface area contributed by atoms with Crippen LogP contribution >= 0.6 is 23.7 Å². The van der Waals surface area contributed by atoms with Gasteiger partial charge < -0.3 is 4.74 Å². The van der Waals surface area contributed by atoms with Crippen molar-refractivity contribution in [1.82, 2.24) is 9.88 Å². The summed E-state index contributed by atoms with van der Waals surface area (Å²) in [6, 6.07) is 12.8. The van der Waals surface area contributed by atoms with Crippen LogP contribution in [0.15, 0.2) is 42.5 Å². The van der Waals surface area contributed by atoms with Gasteiger partial charge in [-0.05, 0) is 49.2 Å². The Kier molecular flexibility index (Phi) is 8.35. The van der Waals surface area contributed by atoms with Crippen LogP contribution in [0.2, 0.25) is 0 Å². The van der Waals surface area contributed by atoms with Crippen molar-refractivity contribution >= 4 is 62.5 Å². The largest absolute Gasteiger partial charge is 0.379 e. The molecule has 3 aromatic rings. The van der Waals surface area contributed by atoms with E-state index in [0.29, 0.717) is 22.9 Å². The Morgan fingerprint density at radius 2 is 1.75 bits per heavy atom. The lowest BCUT2D eigenvalue weighted by molar-refractivity contribution is -0.121. The number of aromatic nitrogens is 1. The number of para-hydroxylation sites is 1. The van der Waals surface area contributed by atoms with Crippen LogP contribution in [0.4, 0.5) is 10.8 Å². The molecule has 0 spiro atoms. The number of hydrogen-bond acceptors (Lipinski definition) is 7. The van der Waals surface area contributed by atoms with Crippen molar-refractivity contribution in [3.8, 4) is 0 Å². The fourth-order valence-electron chi connectivity index (χ4n) is 4.52. The van der Waals surface area contributed by atoms with Crippen LogP contribution < -0.4 is 9.80 Å². The molecule has 36 heavy (non-hydrogen) atoms. The summed E-state index contributed by atoms with van der Waals surface area (Å²) in [7, 11) is 0. The first-order valence-corrected chi connectivity index (χ1v) is 12.8. The number of amides is 3. The van der Waals surface area contributed by atoms with Crippen LogP contribution in [0.3, 0.4) is 0 Å². The maximum atomic E-state index is 13.7. The predicted octanol–water partition coefficient (Wildman–Crippen LogP) is 4.05. The van der Waals surface area contributed by atoms with Gasteiger partial charge >= 0.3 is 0 Å². The molecule has 5 rings (SSSR count). The van der Waals surface area contributed by atoms with E-state index in [2.05, 4.69) is 4.90 Å². The van der Waals surface area contributed by atoms with Gasteiger partial charge in [0.15, 0.2) is 5.13 Å². The zero-order valence-electron chi connectivity index (χ0n) is 20.1. The molecule has 2 saturated heterocycles. The molecular formula is C26H29ClN4O4S. The molecule has 0 saturated carbocycles. The van der Waals surface area contributed by atoms with E-state index in [4.69, 9.17) is 9.72 Å². The van der Waals surface area contributed by atoms with E-state index in [9.17, 15) is 14.4 Å². The van der Waals surface area contributed by atoms with Crippen LogP contribution in [-0.4, -0.2) is 67.0 Å².